The van der Waals surface area contributed by atoms with Crippen molar-refractivity contribution >= 4 is 49.1 Å². The van der Waals surface area contributed by atoms with Crippen LogP contribution in [0.25, 0.3) is 10.2 Å². The van der Waals surface area contributed by atoms with E-state index in [2.05, 4.69) is 21.2 Å². The molecule has 0 radical (unpaired) electrons. The highest BCUT2D eigenvalue weighted by molar-refractivity contribution is 9.10. The molecule has 1 amide bonds. The predicted molar refractivity (Wildman–Crippen MR) is 108 cm³/mol. The zero-order valence-corrected chi connectivity index (χ0v) is 16.6. The molecule has 0 unspecified atom stereocenters. The van der Waals surface area contributed by atoms with Crippen LogP contribution in [0.3, 0.4) is 0 Å². The van der Waals surface area contributed by atoms with Crippen molar-refractivity contribution in [1.82, 2.24) is 9.13 Å². The lowest BCUT2D eigenvalue weighted by Gasteiger charge is -2.12. The highest BCUT2D eigenvalue weighted by Gasteiger charge is 2.16. The summed E-state index contributed by atoms with van der Waals surface area (Å²) in [6.07, 6.45) is 1.61. The molecular weight excluding hydrogens is 418 g/mol. The monoisotopic (exact) mass is 435 g/mol. The van der Waals surface area contributed by atoms with E-state index in [9.17, 15) is 14.4 Å². The summed E-state index contributed by atoms with van der Waals surface area (Å²) in [6.45, 7) is 2.21. The molecule has 26 heavy (non-hydrogen) atoms. The number of unbranched alkanes of at least 4 members (excludes halogenated alkanes) is 1. The third-order valence-corrected chi connectivity index (χ3v) is 5.42. The number of rotatable bonds is 6. The summed E-state index contributed by atoms with van der Waals surface area (Å²) in [4.78, 5) is 37.7. The van der Waals surface area contributed by atoms with Crippen molar-refractivity contribution in [1.29, 1.82) is 0 Å². The van der Waals surface area contributed by atoms with Crippen molar-refractivity contribution < 1.29 is 4.79 Å². The van der Waals surface area contributed by atoms with Crippen molar-refractivity contribution in [2.75, 3.05) is 5.32 Å². The van der Waals surface area contributed by atoms with E-state index in [1.54, 1.807) is 23.6 Å². The first kappa shape index (κ1) is 18.6. The van der Waals surface area contributed by atoms with Crippen LogP contribution in [0.5, 0.6) is 0 Å². The quantitative estimate of drug-likeness (QED) is 0.644. The smallest absolute Gasteiger partial charge is 0.325 e. The number of carbonyl (C=O) groups excluding carboxylic acids is 1. The highest BCUT2D eigenvalue weighted by atomic mass is 79.9. The maximum absolute atomic E-state index is 12.8. The van der Waals surface area contributed by atoms with Gasteiger partial charge in [0.2, 0.25) is 5.91 Å². The normalized spacial score (nSPS) is 11.0. The number of fused-ring (bicyclic) bond motifs is 1. The molecule has 0 saturated carbocycles. The summed E-state index contributed by atoms with van der Waals surface area (Å²) >= 11 is 4.63. The number of thiophene rings is 1. The lowest BCUT2D eigenvalue weighted by molar-refractivity contribution is -0.116. The van der Waals surface area contributed by atoms with Crippen LogP contribution >= 0.6 is 27.3 Å². The fourth-order valence-electron chi connectivity index (χ4n) is 2.68. The second-order valence-electron chi connectivity index (χ2n) is 5.87. The Morgan fingerprint density at radius 3 is 2.58 bits per heavy atom. The van der Waals surface area contributed by atoms with Gasteiger partial charge in [-0.3, -0.25) is 18.7 Å². The molecule has 8 heteroatoms. The molecule has 136 valence electrons. The molecule has 1 N–H and O–H groups in total. The number of hydrogen-bond acceptors (Lipinski definition) is 4. The fraction of sp³-hybridized carbons (Fsp3) is 0.278. The largest absolute Gasteiger partial charge is 0.332 e. The SMILES string of the molecule is CCCCn1c(=O)c2sccc2n(CC(=O)Nc2ccc(Br)cc2)c1=O. The topological polar surface area (TPSA) is 73.1 Å². The van der Waals surface area contributed by atoms with Gasteiger partial charge in [0, 0.05) is 16.7 Å². The third kappa shape index (κ3) is 3.81. The van der Waals surface area contributed by atoms with Gasteiger partial charge in [-0.25, -0.2) is 4.79 Å². The minimum atomic E-state index is -0.444. The Labute approximate surface area is 162 Å². The van der Waals surface area contributed by atoms with Gasteiger partial charge in [-0.15, -0.1) is 11.3 Å². The van der Waals surface area contributed by atoms with Crippen molar-refractivity contribution in [2.45, 2.75) is 32.9 Å². The summed E-state index contributed by atoms with van der Waals surface area (Å²) in [5.41, 5.74) is 0.425. The molecule has 2 aromatic heterocycles. The summed E-state index contributed by atoms with van der Waals surface area (Å²) in [5, 5.41) is 4.54. The van der Waals surface area contributed by atoms with Crippen LogP contribution in [0.15, 0.2) is 49.8 Å². The Hall–Kier alpha value is -2.19. The van der Waals surface area contributed by atoms with E-state index in [4.69, 9.17) is 0 Å². The Bertz CT molecular complexity index is 1050. The van der Waals surface area contributed by atoms with Gasteiger partial charge in [-0.05, 0) is 42.1 Å². The Morgan fingerprint density at radius 1 is 1.15 bits per heavy atom. The van der Waals surface area contributed by atoms with Crippen molar-refractivity contribution in [3.8, 4) is 0 Å². The molecule has 0 aliphatic carbocycles. The van der Waals surface area contributed by atoms with E-state index in [1.165, 1.54) is 20.5 Å². The van der Waals surface area contributed by atoms with Gasteiger partial charge in [-0.2, -0.15) is 0 Å². The molecule has 1 aromatic carbocycles. The lowest BCUT2D eigenvalue weighted by atomic mass is 10.3. The molecule has 0 aliphatic heterocycles. The van der Waals surface area contributed by atoms with Gasteiger partial charge in [-0.1, -0.05) is 29.3 Å². The van der Waals surface area contributed by atoms with Crippen LogP contribution in [0.2, 0.25) is 0 Å². The maximum atomic E-state index is 12.8. The van der Waals surface area contributed by atoms with Gasteiger partial charge in [0.1, 0.15) is 11.2 Å². The molecule has 3 rings (SSSR count). The Balaban J connectivity index is 1.94. The van der Waals surface area contributed by atoms with Crippen LogP contribution in [0.4, 0.5) is 5.69 Å². The Kier molecular flexibility index (Phi) is 5.73. The van der Waals surface area contributed by atoms with Crippen molar-refractivity contribution in [2.24, 2.45) is 0 Å². The van der Waals surface area contributed by atoms with Gasteiger partial charge in [0.15, 0.2) is 0 Å². The standard InChI is InChI=1S/C18H18BrN3O3S/c1-2-3-9-21-17(24)16-14(8-10-26-16)22(18(21)25)11-15(23)20-13-6-4-12(19)5-7-13/h4-8,10H,2-3,9,11H2,1H3,(H,20,23). The minimum Gasteiger partial charge on any atom is -0.325 e. The van der Waals surface area contributed by atoms with Crippen molar-refractivity contribution in [3.63, 3.8) is 0 Å². The van der Waals surface area contributed by atoms with E-state index in [0.29, 0.717) is 22.4 Å². The second-order valence-corrected chi connectivity index (χ2v) is 7.70. The first-order chi connectivity index (χ1) is 12.5. The van der Waals surface area contributed by atoms with Crippen LogP contribution in [0.1, 0.15) is 19.8 Å². The second kappa shape index (κ2) is 8.01. The van der Waals surface area contributed by atoms with E-state index < -0.39 is 5.69 Å². The molecule has 2 heterocycles. The molecule has 0 bridgehead atoms. The van der Waals surface area contributed by atoms with E-state index in [0.717, 1.165) is 17.3 Å². The van der Waals surface area contributed by atoms with Crippen molar-refractivity contribution in [3.05, 3.63) is 61.0 Å². The molecule has 0 aliphatic rings. The van der Waals surface area contributed by atoms with E-state index in [1.807, 2.05) is 19.1 Å². The highest BCUT2D eigenvalue weighted by Crippen LogP contribution is 2.16. The van der Waals surface area contributed by atoms with Crippen LogP contribution in [-0.2, 0) is 17.9 Å². The van der Waals surface area contributed by atoms with Gasteiger partial charge in [0.05, 0.1) is 5.52 Å². The molecule has 0 fully saturated rings. The number of hydrogen-bond donors (Lipinski definition) is 1. The molecule has 0 atom stereocenters. The summed E-state index contributed by atoms with van der Waals surface area (Å²) in [6, 6.07) is 8.90. The average Bonchev–Trinajstić information content (AvgIpc) is 3.10. The lowest BCUT2D eigenvalue weighted by Crippen LogP contribution is -2.41. The number of amides is 1. The van der Waals surface area contributed by atoms with Gasteiger partial charge >= 0.3 is 5.69 Å². The molecule has 0 spiro atoms. The summed E-state index contributed by atoms with van der Waals surface area (Å²) in [5.74, 6) is -0.317. The minimum absolute atomic E-state index is 0.144. The number of anilines is 1. The zero-order valence-electron chi connectivity index (χ0n) is 14.2. The fourth-order valence-corrected chi connectivity index (χ4v) is 3.78. The average molecular weight is 436 g/mol. The van der Waals surface area contributed by atoms with Gasteiger partial charge < -0.3 is 5.32 Å². The molecule has 3 aromatic rings. The predicted octanol–water partition coefficient (Wildman–Crippen LogP) is 3.43. The van der Waals surface area contributed by atoms with Crippen LogP contribution in [-0.4, -0.2) is 15.0 Å². The summed E-state index contributed by atoms with van der Waals surface area (Å²) in [7, 11) is 0. The number of nitrogens with zero attached hydrogens (tertiary/aromatic N) is 2. The number of halogens is 1. The maximum Gasteiger partial charge on any atom is 0.332 e. The Morgan fingerprint density at radius 2 is 1.88 bits per heavy atom. The van der Waals surface area contributed by atoms with E-state index >= 15 is 0 Å². The number of carbonyl (C=O) groups is 1. The number of aromatic nitrogens is 2. The molecule has 0 saturated heterocycles. The summed E-state index contributed by atoms with van der Waals surface area (Å²) < 4.78 is 4.01. The first-order valence-electron chi connectivity index (χ1n) is 8.27. The van der Waals surface area contributed by atoms with Crippen LogP contribution < -0.4 is 16.6 Å². The molecule has 6 nitrogen and oxygen atoms in total. The van der Waals surface area contributed by atoms with Crippen LogP contribution in [0, 0.1) is 0 Å². The number of nitrogens with one attached hydrogen (secondary N) is 1. The third-order valence-electron chi connectivity index (χ3n) is 4.00. The number of benzene rings is 1. The zero-order chi connectivity index (χ0) is 18.7. The molecular formula is C18H18BrN3O3S. The van der Waals surface area contributed by atoms with Gasteiger partial charge in [0.25, 0.3) is 5.56 Å². The first-order valence-corrected chi connectivity index (χ1v) is 9.94. The van der Waals surface area contributed by atoms with E-state index in [-0.39, 0.29) is 18.0 Å².